The third kappa shape index (κ3) is 2.84. The van der Waals surface area contributed by atoms with Crippen molar-refractivity contribution < 1.29 is 9.72 Å². The Morgan fingerprint density at radius 3 is 2.80 bits per heavy atom. The van der Waals surface area contributed by atoms with E-state index in [1.165, 1.54) is 4.68 Å². The summed E-state index contributed by atoms with van der Waals surface area (Å²) in [4.78, 5) is 24.4. The van der Waals surface area contributed by atoms with Gasteiger partial charge in [-0.1, -0.05) is 0 Å². The number of hydrogen-bond acceptors (Lipinski definition) is 4. The summed E-state index contributed by atoms with van der Waals surface area (Å²) in [6.07, 6.45) is 3.16. The van der Waals surface area contributed by atoms with Gasteiger partial charge in [0.25, 0.3) is 0 Å². The van der Waals surface area contributed by atoms with Crippen LogP contribution in [-0.4, -0.2) is 38.1 Å². The van der Waals surface area contributed by atoms with Gasteiger partial charge in [0.1, 0.15) is 11.0 Å². The number of aromatic nitrogens is 2. The Kier molecular flexibility index (Phi) is 4.42. The van der Waals surface area contributed by atoms with Crippen LogP contribution in [0.15, 0.2) is 4.47 Å². The van der Waals surface area contributed by atoms with Gasteiger partial charge in [0.05, 0.1) is 10.8 Å². The standard InChI is InChI=1S/C12H17BrN4O3/c1-8-5-3-4-6-15(8)10(18)7-16-9(2)11(13)12(14-16)17(19)20/h8H,3-7H2,1-2H3/t8-/m1/s1. The molecule has 0 saturated carbocycles. The normalized spacial score (nSPS) is 19.1. The van der Waals surface area contributed by atoms with Gasteiger partial charge in [-0.2, -0.15) is 4.68 Å². The maximum Gasteiger partial charge on any atom is 0.404 e. The number of hydrogen-bond donors (Lipinski definition) is 0. The smallest absolute Gasteiger partial charge is 0.358 e. The molecule has 1 fully saturated rings. The maximum atomic E-state index is 12.3. The van der Waals surface area contributed by atoms with Crippen LogP contribution in [-0.2, 0) is 11.3 Å². The molecule has 20 heavy (non-hydrogen) atoms. The Morgan fingerprint density at radius 1 is 1.55 bits per heavy atom. The van der Waals surface area contributed by atoms with Crippen LogP contribution in [0, 0.1) is 17.0 Å². The van der Waals surface area contributed by atoms with Gasteiger partial charge < -0.3 is 15.0 Å². The summed E-state index contributed by atoms with van der Waals surface area (Å²) in [6.45, 7) is 4.54. The van der Waals surface area contributed by atoms with Gasteiger partial charge in [-0.25, -0.2) is 0 Å². The number of nitrogens with zero attached hydrogens (tertiary/aromatic N) is 4. The average Bonchev–Trinajstić information content (AvgIpc) is 2.67. The van der Waals surface area contributed by atoms with Crippen LogP contribution in [0.1, 0.15) is 31.9 Å². The fourth-order valence-corrected chi connectivity index (χ4v) is 2.90. The first-order valence-corrected chi connectivity index (χ1v) is 7.38. The first kappa shape index (κ1) is 15.0. The van der Waals surface area contributed by atoms with Gasteiger partial charge in [-0.15, -0.1) is 0 Å². The molecule has 0 N–H and O–H groups in total. The van der Waals surface area contributed by atoms with E-state index in [1.807, 2.05) is 11.8 Å². The molecule has 0 aromatic carbocycles. The first-order valence-electron chi connectivity index (χ1n) is 6.58. The highest BCUT2D eigenvalue weighted by Gasteiger charge is 2.28. The van der Waals surface area contributed by atoms with Crippen molar-refractivity contribution in [2.24, 2.45) is 0 Å². The van der Waals surface area contributed by atoms with Gasteiger partial charge in [0, 0.05) is 12.6 Å². The van der Waals surface area contributed by atoms with Crippen LogP contribution in [0.4, 0.5) is 5.82 Å². The minimum atomic E-state index is -0.554. The van der Waals surface area contributed by atoms with Crippen LogP contribution >= 0.6 is 15.9 Å². The van der Waals surface area contributed by atoms with E-state index in [1.54, 1.807) is 6.92 Å². The molecule has 1 aliphatic heterocycles. The number of piperidine rings is 1. The van der Waals surface area contributed by atoms with Crippen LogP contribution in [0.2, 0.25) is 0 Å². The zero-order chi connectivity index (χ0) is 14.9. The zero-order valence-electron chi connectivity index (χ0n) is 11.5. The predicted molar refractivity (Wildman–Crippen MR) is 76.3 cm³/mol. The Balaban J connectivity index is 2.15. The molecule has 1 aromatic heterocycles. The fourth-order valence-electron chi connectivity index (χ4n) is 2.47. The summed E-state index contributed by atoms with van der Waals surface area (Å²) in [6, 6.07) is 0.227. The van der Waals surface area contributed by atoms with E-state index < -0.39 is 4.92 Å². The summed E-state index contributed by atoms with van der Waals surface area (Å²) in [5, 5.41) is 14.7. The lowest BCUT2D eigenvalue weighted by molar-refractivity contribution is -0.390. The van der Waals surface area contributed by atoms with Crippen LogP contribution in [0.25, 0.3) is 0 Å². The van der Waals surface area contributed by atoms with Gasteiger partial charge in [-0.05, 0) is 54.0 Å². The van der Waals surface area contributed by atoms with Crippen molar-refractivity contribution in [3.63, 3.8) is 0 Å². The molecule has 0 unspecified atom stereocenters. The van der Waals surface area contributed by atoms with Crippen molar-refractivity contribution in [1.82, 2.24) is 14.7 Å². The van der Waals surface area contributed by atoms with Gasteiger partial charge in [0.15, 0.2) is 0 Å². The summed E-state index contributed by atoms with van der Waals surface area (Å²) in [5.41, 5.74) is 0.592. The minimum Gasteiger partial charge on any atom is -0.358 e. The molecule has 110 valence electrons. The third-order valence-electron chi connectivity index (χ3n) is 3.70. The number of amides is 1. The highest BCUT2D eigenvalue weighted by atomic mass is 79.9. The van der Waals surface area contributed by atoms with Crippen LogP contribution < -0.4 is 0 Å². The molecule has 0 spiro atoms. The molecule has 0 bridgehead atoms. The number of halogens is 1. The Bertz CT molecular complexity index is 543. The maximum absolute atomic E-state index is 12.3. The number of likely N-dealkylation sites (tertiary alicyclic amines) is 1. The molecule has 2 rings (SSSR count). The average molecular weight is 345 g/mol. The number of rotatable bonds is 3. The monoisotopic (exact) mass is 344 g/mol. The zero-order valence-corrected chi connectivity index (χ0v) is 13.1. The van der Waals surface area contributed by atoms with E-state index in [0.717, 1.165) is 25.8 Å². The molecule has 7 nitrogen and oxygen atoms in total. The third-order valence-corrected chi connectivity index (χ3v) is 4.63. The SMILES string of the molecule is Cc1c(Br)c([N+](=O)[O-])nn1CC(=O)N1CCCC[C@H]1C. The van der Waals surface area contributed by atoms with E-state index >= 15 is 0 Å². The second-order valence-corrected chi connectivity index (χ2v) is 5.86. The summed E-state index contributed by atoms with van der Waals surface area (Å²) in [7, 11) is 0. The molecule has 1 atom stereocenters. The molecular formula is C12H17BrN4O3. The second kappa shape index (κ2) is 5.90. The van der Waals surface area contributed by atoms with Gasteiger partial charge in [0.2, 0.25) is 5.91 Å². The molecule has 0 aliphatic carbocycles. The quantitative estimate of drug-likeness (QED) is 0.622. The highest BCUT2D eigenvalue weighted by molar-refractivity contribution is 9.10. The summed E-state index contributed by atoms with van der Waals surface area (Å²) in [5.74, 6) is -0.285. The summed E-state index contributed by atoms with van der Waals surface area (Å²) < 4.78 is 1.73. The fraction of sp³-hybridized carbons (Fsp3) is 0.667. The van der Waals surface area contributed by atoms with Crippen molar-refractivity contribution in [1.29, 1.82) is 0 Å². The second-order valence-electron chi connectivity index (χ2n) is 5.07. The number of carbonyl (C=O) groups excluding carboxylic acids is 1. The van der Waals surface area contributed by atoms with Crippen molar-refractivity contribution in [3.8, 4) is 0 Å². The Morgan fingerprint density at radius 2 is 2.25 bits per heavy atom. The van der Waals surface area contributed by atoms with E-state index in [2.05, 4.69) is 21.0 Å². The van der Waals surface area contributed by atoms with E-state index in [9.17, 15) is 14.9 Å². The summed E-state index contributed by atoms with van der Waals surface area (Å²) >= 11 is 3.15. The number of nitro groups is 1. The molecular weight excluding hydrogens is 328 g/mol. The van der Waals surface area contributed by atoms with Gasteiger partial charge >= 0.3 is 5.82 Å². The lowest BCUT2D eigenvalue weighted by atomic mass is 10.0. The van der Waals surface area contributed by atoms with E-state index in [4.69, 9.17) is 0 Å². The van der Waals surface area contributed by atoms with Crippen LogP contribution in [0.3, 0.4) is 0 Å². The Hall–Kier alpha value is -1.44. The highest BCUT2D eigenvalue weighted by Crippen LogP contribution is 2.27. The van der Waals surface area contributed by atoms with Gasteiger partial charge in [-0.3, -0.25) is 4.79 Å². The molecule has 1 saturated heterocycles. The predicted octanol–water partition coefficient (Wildman–Crippen LogP) is 2.26. The van der Waals surface area contributed by atoms with E-state index in [-0.39, 0.29) is 24.3 Å². The van der Waals surface area contributed by atoms with Crippen molar-refractivity contribution in [2.45, 2.75) is 45.7 Å². The van der Waals surface area contributed by atoms with Crippen molar-refractivity contribution in [3.05, 3.63) is 20.3 Å². The Labute approximate surface area is 125 Å². The molecule has 0 radical (unpaired) electrons. The largest absolute Gasteiger partial charge is 0.404 e. The van der Waals surface area contributed by atoms with Crippen molar-refractivity contribution in [2.75, 3.05) is 6.54 Å². The van der Waals surface area contributed by atoms with E-state index in [0.29, 0.717) is 10.2 Å². The first-order chi connectivity index (χ1) is 9.41. The molecule has 8 heteroatoms. The van der Waals surface area contributed by atoms with Crippen LogP contribution in [0.5, 0.6) is 0 Å². The lowest BCUT2D eigenvalue weighted by Crippen LogP contribution is -2.43. The number of carbonyl (C=O) groups is 1. The topological polar surface area (TPSA) is 81.3 Å². The van der Waals surface area contributed by atoms with Crippen molar-refractivity contribution >= 4 is 27.7 Å². The molecule has 2 heterocycles. The molecule has 1 aromatic rings. The molecule has 1 aliphatic rings. The lowest BCUT2D eigenvalue weighted by Gasteiger charge is -2.33. The minimum absolute atomic E-state index is 0.0369. The molecule has 1 amide bonds.